The van der Waals surface area contributed by atoms with E-state index in [1.807, 2.05) is 36.8 Å². The molecule has 2 rings (SSSR count). The highest BCUT2D eigenvalue weighted by atomic mass is 16.7. The first-order valence-electron chi connectivity index (χ1n) is 3.81. The minimum atomic E-state index is -0.257. The maximum atomic E-state index is 5.10. The minimum absolute atomic E-state index is 0.257. The van der Waals surface area contributed by atoms with Gasteiger partial charge in [-0.3, -0.25) is 0 Å². The van der Waals surface area contributed by atoms with Gasteiger partial charge in [-0.15, -0.1) is 0 Å². The molecule has 0 spiro atoms. The van der Waals surface area contributed by atoms with Crippen LogP contribution in [0.15, 0.2) is 42.9 Å². The molecule has 1 aromatic carbocycles. The first kappa shape index (κ1) is 7.22. The summed E-state index contributed by atoms with van der Waals surface area (Å²) in [5.74, 6) is 0. The van der Waals surface area contributed by atoms with E-state index in [0.29, 0.717) is 0 Å². The quantitative estimate of drug-likeness (QED) is 0.661. The average Bonchev–Trinajstić information content (AvgIpc) is 2.59. The Balaban J connectivity index is 1.95. The van der Waals surface area contributed by atoms with Gasteiger partial charge in [0, 0.05) is 0 Å². The van der Waals surface area contributed by atoms with Gasteiger partial charge >= 0.3 is 0 Å². The predicted molar refractivity (Wildman–Crippen MR) is 44.9 cm³/mol. The summed E-state index contributed by atoms with van der Waals surface area (Å²) in [6, 6.07) is 9.95. The summed E-state index contributed by atoms with van der Waals surface area (Å²) in [5.41, 5.74) is 1.10. The molecule has 2 heteroatoms. The van der Waals surface area contributed by atoms with Gasteiger partial charge in [0.05, 0.1) is 6.42 Å². The van der Waals surface area contributed by atoms with Crippen molar-refractivity contribution in [3.05, 3.63) is 54.8 Å². The lowest BCUT2D eigenvalue weighted by molar-refractivity contribution is 0.00824. The van der Waals surface area contributed by atoms with Crippen LogP contribution in [0.4, 0.5) is 0 Å². The normalized spacial score (nSPS) is 15.7. The molecule has 0 aromatic heterocycles. The van der Waals surface area contributed by atoms with Crippen LogP contribution in [0.25, 0.3) is 0 Å². The van der Waals surface area contributed by atoms with E-state index in [1.165, 1.54) is 0 Å². The van der Waals surface area contributed by atoms with Gasteiger partial charge in [-0.05, 0) is 5.56 Å². The summed E-state index contributed by atoms with van der Waals surface area (Å²) in [6.45, 7) is 0. The Bertz CT molecular complexity index is 258. The van der Waals surface area contributed by atoms with Crippen molar-refractivity contribution in [1.82, 2.24) is 0 Å². The first-order valence-corrected chi connectivity index (χ1v) is 3.81. The van der Waals surface area contributed by atoms with E-state index in [2.05, 4.69) is 0 Å². The van der Waals surface area contributed by atoms with Crippen molar-refractivity contribution in [3.63, 3.8) is 0 Å². The Morgan fingerprint density at radius 3 is 2.33 bits per heavy atom. The molecule has 0 saturated heterocycles. The summed E-state index contributed by atoms with van der Waals surface area (Å²) in [6.07, 6.45) is 4.75. The van der Waals surface area contributed by atoms with Crippen molar-refractivity contribution in [2.45, 2.75) is 6.29 Å². The molecule has 0 amide bonds. The summed E-state index contributed by atoms with van der Waals surface area (Å²) >= 11 is 0. The van der Waals surface area contributed by atoms with Crippen LogP contribution in [0.5, 0.6) is 0 Å². The Kier molecular flexibility index (Phi) is 1.99. The lowest BCUT2D eigenvalue weighted by atomic mass is 10.1. The van der Waals surface area contributed by atoms with Gasteiger partial charge in [0.15, 0.2) is 0 Å². The Labute approximate surface area is 71.4 Å². The number of rotatable bonds is 2. The maximum absolute atomic E-state index is 5.10. The average molecular weight is 161 g/mol. The van der Waals surface area contributed by atoms with Gasteiger partial charge in [-0.25, -0.2) is 0 Å². The lowest BCUT2D eigenvalue weighted by Gasteiger charge is -2.08. The fourth-order valence-electron chi connectivity index (χ4n) is 1.05. The van der Waals surface area contributed by atoms with Crippen LogP contribution in [-0.4, -0.2) is 6.29 Å². The van der Waals surface area contributed by atoms with Gasteiger partial charge in [0.25, 0.3) is 0 Å². The molecule has 1 aromatic rings. The molecule has 0 bridgehead atoms. The van der Waals surface area contributed by atoms with Crippen LogP contribution >= 0.6 is 0 Å². The van der Waals surface area contributed by atoms with Crippen LogP contribution < -0.4 is 0 Å². The number of ether oxygens (including phenoxy) is 2. The van der Waals surface area contributed by atoms with Gasteiger partial charge in [0.1, 0.15) is 12.5 Å². The van der Waals surface area contributed by atoms with Crippen molar-refractivity contribution >= 4 is 0 Å². The Morgan fingerprint density at radius 2 is 1.67 bits per heavy atom. The molecule has 0 unspecified atom stereocenters. The van der Waals surface area contributed by atoms with Crippen molar-refractivity contribution in [2.75, 3.05) is 0 Å². The molecule has 1 aliphatic heterocycles. The highest BCUT2D eigenvalue weighted by Gasteiger charge is 2.12. The summed E-state index contributed by atoms with van der Waals surface area (Å²) in [5, 5.41) is 0. The van der Waals surface area contributed by atoms with Crippen molar-refractivity contribution < 1.29 is 9.47 Å². The van der Waals surface area contributed by atoms with Crippen LogP contribution in [0.2, 0.25) is 0 Å². The van der Waals surface area contributed by atoms with Gasteiger partial charge < -0.3 is 9.47 Å². The maximum Gasteiger partial charge on any atom is 0.247 e. The van der Waals surface area contributed by atoms with Gasteiger partial charge in [-0.2, -0.15) is 0 Å². The first-order chi connectivity index (χ1) is 5.95. The monoisotopic (exact) mass is 161 g/mol. The number of hydrogen-bond acceptors (Lipinski definition) is 2. The molecule has 0 fully saturated rings. The number of hydrogen-bond donors (Lipinski definition) is 0. The molecular weight excluding hydrogens is 152 g/mol. The molecule has 0 N–H and O–H groups in total. The largest absolute Gasteiger partial charge is 0.459 e. The zero-order valence-electron chi connectivity index (χ0n) is 6.51. The van der Waals surface area contributed by atoms with E-state index in [-0.39, 0.29) is 6.29 Å². The molecule has 2 nitrogen and oxygen atoms in total. The van der Waals surface area contributed by atoms with Gasteiger partial charge in [0.2, 0.25) is 6.29 Å². The fourth-order valence-corrected chi connectivity index (χ4v) is 1.05. The Morgan fingerprint density at radius 1 is 1.00 bits per heavy atom. The fraction of sp³-hybridized carbons (Fsp3) is 0.100. The van der Waals surface area contributed by atoms with E-state index in [0.717, 1.165) is 5.56 Å². The second-order valence-corrected chi connectivity index (χ2v) is 2.49. The summed E-state index contributed by atoms with van der Waals surface area (Å²) in [4.78, 5) is 0. The van der Waals surface area contributed by atoms with Crippen LogP contribution in [0.3, 0.4) is 0 Å². The topological polar surface area (TPSA) is 18.5 Å². The molecule has 61 valence electrons. The predicted octanol–water partition coefficient (Wildman–Crippen LogP) is 2.08. The molecule has 1 radical (unpaired) electrons. The van der Waals surface area contributed by atoms with E-state index >= 15 is 0 Å². The molecule has 0 aliphatic carbocycles. The lowest BCUT2D eigenvalue weighted by Crippen LogP contribution is -2.08. The summed E-state index contributed by atoms with van der Waals surface area (Å²) in [7, 11) is 0. The van der Waals surface area contributed by atoms with Crippen LogP contribution in [0, 0.1) is 6.42 Å². The zero-order valence-corrected chi connectivity index (χ0v) is 6.51. The van der Waals surface area contributed by atoms with E-state index < -0.39 is 0 Å². The second kappa shape index (κ2) is 3.30. The third-order valence-electron chi connectivity index (χ3n) is 1.61. The molecule has 0 atom stereocenters. The minimum Gasteiger partial charge on any atom is -0.459 e. The van der Waals surface area contributed by atoms with Crippen molar-refractivity contribution in [2.24, 2.45) is 0 Å². The van der Waals surface area contributed by atoms with Crippen LogP contribution in [0.1, 0.15) is 5.56 Å². The molecule has 1 aliphatic rings. The van der Waals surface area contributed by atoms with Crippen molar-refractivity contribution in [1.29, 1.82) is 0 Å². The smallest absolute Gasteiger partial charge is 0.247 e. The van der Waals surface area contributed by atoms with Crippen LogP contribution in [-0.2, 0) is 9.47 Å². The molecular formula is C10H9O2. The van der Waals surface area contributed by atoms with Crippen molar-refractivity contribution in [3.8, 4) is 0 Å². The standard InChI is InChI=1S/C10H9O2/c1-2-4-9(5-3-1)8-10-11-6-7-12-10/h1-8,10H. The molecule has 1 heterocycles. The Hall–Kier alpha value is -1.44. The second-order valence-electron chi connectivity index (χ2n) is 2.49. The third-order valence-corrected chi connectivity index (χ3v) is 1.61. The van der Waals surface area contributed by atoms with E-state index in [4.69, 9.17) is 9.47 Å². The molecule has 0 saturated carbocycles. The third kappa shape index (κ3) is 1.59. The summed E-state index contributed by atoms with van der Waals surface area (Å²) < 4.78 is 10.2. The highest BCUT2D eigenvalue weighted by molar-refractivity contribution is 5.23. The van der Waals surface area contributed by atoms with Gasteiger partial charge in [-0.1, -0.05) is 30.3 Å². The number of benzene rings is 1. The highest BCUT2D eigenvalue weighted by Crippen LogP contribution is 2.13. The van der Waals surface area contributed by atoms with E-state index in [9.17, 15) is 0 Å². The zero-order chi connectivity index (χ0) is 8.23. The van der Waals surface area contributed by atoms with E-state index in [1.54, 1.807) is 12.5 Å². The SMILES string of the molecule is [CH](c1ccccc1)C1OC=CO1. The molecule has 12 heavy (non-hydrogen) atoms.